The number of ketones is 1. The summed E-state index contributed by atoms with van der Waals surface area (Å²) in [5, 5.41) is 0. The van der Waals surface area contributed by atoms with Crippen molar-refractivity contribution in [3.8, 4) is 5.75 Å². The van der Waals surface area contributed by atoms with Gasteiger partial charge in [-0.25, -0.2) is 0 Å². The second-order valence-corrected chi connectivity index (χ2v) is 15.9. The van der Waals surface area contributed by atoms with Crippen LogP contribution >= 0.6 is 63.7 Å². The van der Waals surface area contributed by atoms with Crippen molar-refractivity contribution in [1.29, 1.82) is 0 Å². The Morgan fingerprint density at radius 1 is 0.933 bits per heavy atom. The second-order valence-electron chi connectivity index (χ2n) is 11.3. The maximum Gasteiger partial charge on any atom is 0.195 e. The summed E-state index contributed by atoms with van der Waals surface area (Å²) < 4.78 is 5.73. The summed E-state index contributed by atoms with van der Waals surface area (Å²) in [5.41, 5.74) is 2.87. The highest BCUT2D eigenvalue weighted by Gasteiger charge is 2.73. The molecule has 1 saturated carbocycles. The molecule has 6 heteroatoms. The summed E-state index contributed by atoms with van der Waals surface area (Å²) in [6.07, 6.45) is 3.07. The first-order chi connectivity index (χ1) is 13.6. The van der Waals surface area contributed by atoms with Gasteiger partial charge in [0.1, 0.15) is 10.1 Å². The Balaban J connectivity index is 1.96. The largest absolute Gasteiger partial charge is 0.478 e. The second kappa shape index (κ2) is 7.06. The average molecular weight is 670 g/mol. The summed E-state index contributed by atoms with van der Waals surface area (Å²) in [6.45, 7) is 13.4. The molecule has 0 N–H and O–H groups in total. The number of hydrogen-bond acceptors (Lipinski definition) is 2. The maximum atomic E-state index is 14.1. The van der Waals surface area contributed by atoms with Crippen LogP contribution in [0.15, 0.2) is 12.1 Å². The molecule has 2 nitrogen and oxygen atoms in total. The van der Waals surface area contributed by atoms with Gasteiger partial charge in [0, 0.05) is 0 Å². The standard InChI is InChI=1S/C24H30Br4O2/c1-20(2,3)15-11-13-7-9-22(27)17(25)24(28,21(4,5)6)18(26)23(19(22)29)10-8-14(12-15)16(13)30-23/h11-12,17-18H,7-10H2,1-6H3. The van der Waals surface area contributed by atoms with E-state index in [1.54, 1.807) is 0 Å². The van der Waals surface area contributed by atoms with Gasteiger partial charge in [-0.3, -0.25) is 4.79 Å². The zero-order valence-electron chi connectivity index (χ0n) is 18.5. The molecule has 1 aromatic carbocycles. The quantitative estimate of drug-likeness (QED) is 0.269. The maximum absolute atomic E-state index is 14.1. The lowest BCUT2D eigenvalue weighted by atomic mass is 9.59. The van der Waals surface area contributed by atoms with Crippen LogP contribution in [-0.2, 0) is 23.1 Å². The van der Waals surface area contributed by atoms with E-state index in [-0.39, 0.29) is 26.3 Å². The fraction of sp³-hybridized carbons (Fsp3) is 0.708. The van der Waals surface area contributed by atoms with Crippen molar-refractivity contribution in [1.82, 2.24) is 0 Å². The predicted molar refractivity (Wildman–Crippen MR) is 138 cm³/mol. The Morgan fingerprint density at radius 3 is 1.97 bits per heavy atom. The Hall–Kier alpha value is 0.610. The number of carbonyl (C=O) groups excluding carboxylic acids is 1. The molecule has 30 heavy (non-hydrogen) atoms. The highest BCUT2D eigenvalue weighted by atomic mass is 79.9. The number of ether oxygens (including phenoxy) is 1. The van der Waals surface area contributed by atoms with E-state index >= 15 is 0 Å². The van der Waals surface area contributed by atoms with E-state index in [0.717, 1.165) is 25.0 Å². The first-order valence-corrected chi connectivity index (χ1v) is 14.1. The smallest absolute Gasteiger partial charge is 0.195 e. The van der Waals surface area contributed by atoms with Gasteiger partial charge in [0.05, 0.1) is 14.0 Å². The molecule has 2 heterocycles. The lowest BCUT2D eigenvalue weighted by Crippen LogP contribution is -2.77. The van der Waals surface area contributed by atoms with Gasteiger partial charge in [-0.05, 0) is 53.2 Å². The molecule has 0 aromatic heterocycles. The number of aryl methyl sites for hydroxylation is 2. The number of hydrogen-bond donors (Lipinski definition) is 0. The number of Topliss-reactive ketones (excluding diaryl/α,β-unsaturated/α-hetero) is 1. The van der Waals surface area contributed by atoms with E-state index in [9.17, 15) is 4.79 Å². The summed E-state index contributed by atoms with van der Waals surface area (Å²) in [7, 11) is 0. The van der Waals surface area contributed by atoms with Crippen LogP contribution in [0.5, 0.6) is 5.75 Å². The first-order valence-electron chi connectivity index (χ1n) is 10.7. The summed E-state index contributed by atoms with van der Waals surface area (Å²) in [4.78, 5) is 13.8. The van der Waals surface area contributed by atoms with Crippen molar-refractivity contribution in [3.05, 3.63) is 28.8 Å². The van der Waals surface area contributed by atoms with Crippen LogP contribution in [0, 0.1) is 5.41 Å². The third kappa shape index (κ3) is 3.05. The van der Waals surface area contributed by atoms with Gasteiger partial charge < -0.3 is 4.74 Å². The number of alkyl halides is 4. The monoisotopic (exact) mass is 666 g/mol. The molecule has 1 fully saturated rings. The van der Waals surface area contributed by atoms with Crippen LogP contribution in [0.4, 0.5) is 0 Å². The molecular weight excluding hydrogens is 640 g/mol. The van der Waals surface area contributed by atoms with E-state index in [4.69, 9.17) is 4.74 Å². The molecule has 3 bridgehead atoms. The van der Waals surface area contributed by atoms with Gasteiger partial charge in [0.2, 0.25) is 0 Å². The van der Waals surface area contributed by atoms with Crippen LogP contribution in [0.1, 0.15) is 71.1 Å². The zero-order chi connectivity index (χ0) is 22.5. The van der Waals surface area contributed by atoms with Gasteiger partial charge in [-0.2, -0.15) is 0 Å². The minimum atomic E-state index is -0.907. The van der Waals surface area contributed by atoms with Gasteiger partial charge in [-0.15, -0.1) is 0 Å². The molecule has 1 spiro atoms. The molecule has 3 aliphatic rings. The van der Waals surface area contributed by atoms with E-state index < -0.39 is 14.2 Å². The van der Waals surface area contributed by atoms with Crippen LogP contribution in [0.3, 0.4) is 0 Å². The van der Waals surface area contributed by atoms with Gasteiger partial charge in [-0.1, -0.05) is 117 Å². The van der Waals surface area contributed by atoms with E-state index in [1.165, 1.54) is 16.7 Å². The number of fused-ring (bicyclic) bond motifs is 1. The van der Waals surface area contributed by atoms with Crippen molar-refractivity contribution in [2.75, 3.05) is 0 Å². The predicted octanol–water partition coefficient (Wildman–Crippen LogP) is 7.42. The van der Waals surface area contributed by atoms with Gasteiger partial charge >= 0.3 is 0 Å². The minimum absolute atomic E-state index is 0.0774. The molecule has 0 radical (unpaired) electrons. The molecule has 5 unspecified atom stereocenters. The highest BCUT2D eigenvalue weighted by Crippen LogP contribution is 2.64. The van der Waals surface area contributed by atoms with Crippen molar-refractivity contribution < 1.29 is 9.53 Å². The van der Waals surface area contributed by atoms with Crippen LogP contribution < -0.4 is 4.74 Å². The molecular formula is C24H30Br4O2. The molecule has 4 rings (SSSR count). The Morgan fingerprint density at radius 2 is 1.47 bits per heavy atom. The zero-order valence-corrected chi connectivity index (χ0v) is 24.8. The number of halogens is 4. The summed E-state index contributed by atoms with van der Waals surface area (Å²) >= 11 is 16.1. The van der Waals surface area contributed by atoms with Crippen molar-refractivity contribution >= 4 is 69.5 Å². The van der Waals surface area contributed by atoms with Crippen molar-refractivity contribution in [3.63, 3.8) is 0 Å². The van der Waals surface area contributed by atoms with E-state index in [0.29, 0.717) is 6.42 Å². The fourth-order valence-corrected chi connectivity index (χ4v) is 10.5. The van der Waals surface area contributed by atoms with E-state index in [2.05, 4.69) is 117 Å². The molecule has 0 amide bonds. The molecule has 1 aliphatic carbocycles. The van der Waals surface area contributed by atoms with E-state index in [1.807, 2.05) is 0 Å². The highest BCUT2D eigenvalue weighted by molar-refractivity contribution is 9.15. The first kappa shape index (κ1) is 23.8. The van der Waals surface area contributed by atoms with Crippen LogP contribution in [0.2, 0.25) is 0 Å². The molecule has 2 aliphatic heterocycles. The SMILES string of the molecule is CC(C)(C)c1cc2c3c(c1)CCC1(O3)C(=O)C(Br)(CC2)C(Br)C(Br)(C(C)(C)C)C1Br. The molecule has 5 atom stereocenters. The summed E-state index contributed by atoms with van der Waals surface area (Å²) in [5.74, 6) is 1.10. The fourth-order valence-electron chi connectivity index (χ4n) is 5.28. The number of carbonyl (C=O) groups is 1. The third-order valence-electron chi connectivity index (χ3n) is 7.38. The topological polar surface area (TPSA) is 26.3 Å². The Bertz CT molecular complexity index is 915. The third-order valence-corrected chi connectivity index (χ3v) is 15.5. The normalized spacial score (nSPS) is 38.5. The number of benzene rings is 1. The molecule has 0 saturated heterocycles. The van der Waals surface area contributed by atoms with Gasteiger partial charge in [0.25, 0.3) is 0 Å². The lowest BCUT2D eigenvalue weighted by Gasteiger charge is -2.62. The number of rotatable bonds is 0. The average Bonchev–Trinajstić information content (AvgIpc) is 2.65. The molecule has 166 valence electrons. The Labute approximate surface area is 214 Å². The van der Waals surface area contributed by atoms with Gasteiger partial charge in [0.15, 0.2) is 11.4 Å². The van der Waals surface area contributed by atoms with Crippen molar-refractivity contribution in [2.24, 2.45) is 5.41 Å². The van der Waals surface area contributed by atoms with Crippen molar-refractivity contribution in [2.45, 2.75) is 96.5 Å². The van der Waals surface area contributed by atoms with Crippen LogP contribution in [0.25, 0.3) is 0 Å². The minimum Gasteiger partial charge on any atom is -0.478 e. The molecule has 1 aromatic rings. The summed E-state index contributed by atoms with van der Waals surface area (Å²) in [6, 6.07) is 4.60. The van der Waals surface area contributed by atoms with Crippen LogP contribution in [-0.4, -0.2) is 29.7 Å². The lowest BCUT2D eigenvalue weighted by molar-refractivity contribution is -0.144. The Kier molecular flexibility index (Phi) is 5.59.